The molecule has 4 aromatic rings. The van der Waals surface area contributed by atoms with Gasteiger partial charge in [0.15, 0.2) is 0 Å². The van der Waals surface area contributed by atoms with Crippen molar-refractivity contribution in [3.8, 4) is 34.4 Å². The molecule has 3 saturated heterocycles. The van der Waals surface area contributed by atoms with Gasteiger partial charge in [-0.15, -0.1) is 16.6 Å². The first-order valence-corrected chi connectivity index (χ1v) is 42.0. The summed E-state index contributed by atoms with van der Waals surface area (Å²) in [5.74, 6) is 9.31. The van der Waals surface area contributed by atoms with Crippen molar-refractivity contribution in [1.82, 2.24) is 24.7 Å². The summed E-state index contributed by atoms with van der Waals surface area (Å²) in [5, 5.41) is 12.1. The van der Waals surface area contributed by atoms with Crippen LogP contribution in [0, 0.1) is 50.6 Å². The Hall–Kier alpha value is -6.34. The molecule has 6 aliphatic rings. The molecular formula is C69H105N9O9S3Si3. The molecule has 4 amide bonds. The number of rotatable bonds is 4. The molecule has 3 saturated carbocycles. The molecule has 1 aromatic heterocycles. The van der Waals surface area contributed by atoms with E-state index in [4.69, 9.17) is 41.5 Å². The maximum Gasteiger partial charge on any atom is 0.411 e. The van der Waals surface area contributed by atoms with Gasteiger partial charge in [-0.25, -0.2) is 24.2 Å². The minimum absolute atomic E-state index is 0. The van der Waals surface area contributed by atoms with Gasteiger partial charge in [-0.3, -0.25) is 19.5 Å². The van der Waals surface area contributed by atoms with E-state index < -0.39 is 71.3 Å². The van der Waals surface area contributed by atoms with Gasteiger partial charge in [0, 0.05) is 36.3 Å². The van der Waals surface area contributed by atoms with Crippen LogP contribution in [0.2, 0.25) is 58.9 Å². The second kappa shape index (κ2) is 29.7. The standard InChI is InChI=1S/C23H33N3O3Si.C23H31N3O2Si.C12H19NO4.C11H16N2Si.3H2S/c1-22(2,3)29-21(28)26-15-23(10-11-23)14-19(26)20(27)25-18-8-7-16(13-17(18)24)9-12-30(4,5)6;1-22(2,3)28-21(27)26-15-23(10-11-23)14-19(26)20-24-17-8-7-16(13-18(17)25-20)9-12-29(4,5)6;1-11(2,3)17-10(16)13-7-12(4-5-12)6-8(13)9(14)15;1-14(2,3)7-6-9-4-5-10(12)11(13)8-9;;;/h7-8,13,19H,10-11,14-15,24H2,1-6H3,(H,25,27);7-8,13,19H,10-11,14-15H2,1-6H3,(H,24,25);8H,4-7H2,1-3H3,(H,14,15);4-5,8H,12-13H2,1-3H3;3*1H2/t2*19-;8-;;;;/m000..../s1. The van der Waals surface area contributed by atoms with Crippen LogP contribution in [0.15, 0.2) is 54.6 Å². The first-order valence-electron chi connectivity index (χ1n) is 31.5. The van der Waals surface area contributed by atoms with Gasteiger partial charge in [0.2, 0.25) is 5.91 Å². The normalized spacial score (nSPS) is 19.2. The van der Waals surface area contributed by atoms with Crippen LogP contribution in [0.5, 0.6) is 0 Å². The minimum atomic E-state index is -1.48. The number of nitrogens with zero attached hydrogens (tertiary/aromatic N) is 4. The van der Waals surface area contributed by atoms with Crippen molar-refractivity contribution in [3.63, 3.8) is 0 Å². The number of amides is 4. The maximum atomic E-state index is 13.1. The molecule has 3 spiro atoms. The Morgan fingerprint density at radius 3 is 1.32 bits per heavy atom. The zero-order chi connectivity index (χ0) is 67.0. The number of carbonyl (C=O) groups excluding carboxylic acids is 4. The molecule has 0 radical (unpaired) electrons. The van der Waals surface area contributed by atoms with E-state index in [1.165, 1.54) is 17.7 Å². The van der Waals surface area contributed by atoms with E-state index in [-0.39, 0.29) is 74.8 Å². The van der Waals surface area contributed by atoms with Crippen LogP contribution in [-0.2, 0) is 23.8 Å². The highest BCUT2D eigenvalue weighted by atomic mass is 32.1. The number of fused-ring (bicyclic) bond motifs is 1. The summed E-state index contributed by atoms with van der Waals surface area (Å²) >= 11 is 0. The second-order valence-electron chi connectivity index (χ2n) is 31.8. The number of hydrogen-bond donors (Lipinski definition) is 6. The zero-order valence-electron chi connectivity index (χ0n) is 58.1. The molecule has 510 valence electrons. The molecule has 3 atom stereocenters. The molecule has 9 N–H and O–H groups in total. The quantitative estimate of drug-likeness (QED) is 0.0481. The number of nitrogens with one attached hydrogen (secondary N) is 2. The Labute approximate surface area is 576 Å². The number of H-pyrrole nitrogens is 1. The summed E-state index contributed by atoms with van der Waals surface area (Å²) in [5.41, 5.74) is 33.1. The van der Waals surface area contributed by atoms with Gasteiger partial charge in [-0.1, -0.05) is 76.7 Å². The Bertz CT molecular complexity index is 3590. The van der Waals surface area contributed by atoms with Gasteiger partial charge in [-0.05, 0) is 191 Å². The number of carboxylic acids is 1. The number of nitrogens with two attached hydrogens (primary N) is 3. The number of hydrogen-bond acceptors (Lipinski definition) is 12. The van der Waals surface area contributed by atoms with Gasteiger partial charge in [0.25, 0.3) is 0 Å². The van der Waals surface area contributed by atoms with Crippen molar-refractivity contribution >= 4 is 129 Å². The Balaban J connectivity index is 0.000000273. The van der Waals surface area contributed by atoms with Crippen molar-refractivity contribution in [2.45, 2.75) is 214 Å². The molecule has 3 aliphatic heterocycles. The summed E-state index contributed by atoms with van der Waals surface area (Å²) in [4.78, 5) is 74.8. The predicted octanol–water partition coefficient (Wildman–Crippen LogP) is 13.8. The van der Waals surface area contributed by atoms with Crippen LogP contribution >= 0.6 is 40.5 Å². The largest absolute Gasteiger partial charge is 0.480 e. The van der Waals surface area contributed by atoms with E-state index in [0.29, 0.717) is 48.7 Å². The van der Waals surface area contributed by atoms with Crippen LogP contribution in [0.4, 0.5) is 37.1 Å². The number of aliphatic carboxylic acids is 1. The third-order valence-electron chi connectivity index (χ3n) is 15.8. The number of benzene rings is 3. The van der Waals surface area contributed by atoms with Crippen LogP contribution in [0.25, 0.3) is 11.0 Å². The van der Waals surface area contributed by atoms with Gasteiger partial charge in [-0.2, -0.15) is 40.5 Å². The van der Waals surface area contributed by atoms with Crippen molar-refractivity contribution < 1.29 is 43.3 Å². The van der Waals surface area contributed by atoms with Crippen LogP contribution in [0.1, 0.15) is 149 Å². The Morgan fingerprint density at radius 2 is 0.914 bits per heavy atom. The molecule has 0 bridgehead atoms. The fourth-order valence-corrected chi connectivity index (χ4v) is 12.2. The predicted molar refractivity (Wildman–Crippen MR) is 398 cm³/mol. The Kier molecular flexibility index (Phi) is 25.3. The summed E-state index contributed by atoms with van der Waals surface area (Å²) in [6.07, 6.45) is 7.50. The highest BCUT2D eigenvalue weighted by molar-refractivity contribution is 7.59. The molecule has 10 rings (SSSR count). The minimum Gasteiger partial charge on any atom is -0.480 e. The van der Waals surface area contributed by atoms with Gasteiger partial charge in [0.05, 0.1) is 39.8 Å². The monoisotopic (exact) mass is 1380 g/mol. The zero-order valence-corrected chi connectivity index (χ0v) is 64.1. The molecule has 18 nitrogen and oxygen atoms in total. The highest BCUT2D eigenvalue weighted by Crippen LogP contribution is 2.59. The molecule has 3 aromatic carbocycles. The second-order valence-corrected chi connectivity index (χ2v) is 46.1. The molecule has 0 unspecified atom stereocenters. The van der Waals surface area contributed by atoms with E-state index >= 15 is 0 Å². The lowest BCUT2D eigenvalue weighted by Gasteiger charge is -2.28. The first-order chi connectivity index (χ1) is 41.3. The van der Waals surface area contributed by atoms with Crippen molar-refractivity contribution in [2.75, 3.05) is 42.2 Å². The number of aromatic amines is 1. The fourth-order valence-electron chi connectivity index (χ4n) is 10.7. The van der Waals surface area contributed by atoms with Crippen molar-refractivity contribution in [3.05, 3.63) is 77.1 Å². The molecule has 24 heteroatoms. The van der Waals surface area contributed by atoms with Gasteiger partial charge >= 0.3 is 24.2 Å². The summed E-state index contributed by atoms with van der Waals surface area (Å²) < 4.78 is 16.5. The number of carboxylic acid groups (broad SMARTS) is 1. The van der Waals surface area contributed by atoms with E-state index in [1.54, 1.807) is 43.9 Å². The summed E-state index contributed by atoms with van der Waals surface area (Å²) in [6, 6.07) is 15.7. The Morgan fingerprint density at radius 1 is 0.538 bits per heavy atom. The average molecular weight is 1390 g/mol. The molecule has 4 heterocycles. The lowest BCUT2D eigenvalue weighted by Crippen LogP contribution is -2.45. The SMILES string of the molecule is CC(C)(C)OC(=O)N1CC2(CC2)C[C@H]1C(=O)Nc1ccc(C#C[Si](C)(C)C)cc1N.CC(C)(C)OC(=O)N1CC2(CC2)C[C@H]1C(=O)O.CC(C)(C)OC(=O)N1CC2(CC2)C[C@H]1c1nc2ccc(C#C[Si](C)(C)C)cc2[nH]1.C[Si](C)(C)C#Cc1ccc(N)c(N)c1.S.S.S. The lowest BCUT2D eigenvalue weighted by molar-refractivity contribution is -0.142. The van der Waals surface area contributed by atoms with E-state index in [9.17, 15) is 24.0 Å². The first kappa shape index (κ1) is 79.1. The van der Waals surface area contributed by atoms with Crippen LogP contribution < -0.4 is 22.5 Å². The van der Waals surface area contributed by atoms with Crippen LogP contribution in [-0.4, -0.2) is 133 Å². The van der Waals surface area contributed by atoms with Crippen molar-refractivity contribution in [2.24, 2.45) is 16.2 Å². The summed E-state index contributed by atoms with van der Waals surface area (Å²) in [6.45, 7) is 38.3. The third kappa shape index (κ3) is 23.8. The van der Waals surface area contributed by atoms with E-state index in [2.05, 4.69) is 110 Å². The number of aromatic nitrogens is 2. The average Bonchev–Trinajstić information content (AvgIpc) is 1.60. The van der Waals surface area contributed by atoms with Crippen LogP contribution in [0.3, 0.4) is 0 Å². The number of likely N-dealkylation sites (tertiary alicyclic amines) is 3. The topological polar surface area (TPSA) is 262 Å². The van der Waals surface area contributed by atoms with E-state index in [0.717, 1.165) is 72.2 Å². The number of carbonyl (C=O) groups is 5. The lowest BCUT2D eigenvalue weighted by atomic mass is 10.0. The fraction of sp³-hybridized carbons (Fsp3) is 0.565. The number of ether oxygens (including phenoxy) is 3. The molecule has 3 aliphatic carbocycles. The molecular weight excluding hydrogens is 1280 g/mol. The molecule has 93 heavy (non-hydrogen) atoms. The number of imidazole rings is 1. The van der Waals surface area contributed by atoms with Crippen molar-refractivity contribution in [1.29, 1.82) is 0 Å². The maximum absolute atomic E-state index is 13.1. The number of anilines is 4. The summed E-state index contributed by atoms with van der Waals surface area (Å²) in [7, 11) is -4.20. The smallest absolute Gasteiger partial charge is 0.411 e. The van der Waals surface area contributed by atoms with Gasteiger partial charge < -0.3 is 46.8 Å². The van der Waals surface area contributed by atoms with Gasteiger partial charge in [0.1, 0.15) is 58.9 Å². The third-order valence-corrected chi connectivity index (χ3v) is 18.5. The number of nitrogen functional groups attached to an aromatic ring is 3. The molecule has 6 fully saturated rings. The van der Waals surface area contributed by atoms with E-state index in [1.807, 2.05) is 76.8 Å². The highest BCUT2D eigenvalue weighted by Gasteiger charge is 2.58.